The molecule has 1 aliphatic heterocycles. The quantitative estimate of drug-likeness (QED) is 0.682. The molecule has 8 heteroatoms. The average molecular weight is 341 g/mol. The van der Waals surface area contributed by atoms with Gasteiger partial charge in [-0.2, -0.15) is 0 Å². The van der Waals surface area contributed by atoms with E-state index in [9.17, 15) is 14.4 Å². The van der Waals surface area contributed by atoms with Crippen LogP contribution in [-0.2, 0) is 22.4 Å². The van der Waals surface area contributed by atoms with Gasteiger partial charge in [0.1, 0.15) is 11.9 Å². The van der Waals surface area contributed by atoms with Crippen molar-refractivity contribution in [3.05, 3.63) is 58.3 Å². The molecule has 1 aromatic heterocycles. The van der Waals surface area contributed by atoms with Crippen LogP contribution in [0, 0.1) is 0 Å². The SMILES string of the molecule is CN1C(=O)C(NC(=O)C(N)Cc2nccc(=O)[nH]2)Cc2ccccc21. The Morgan fingerprint density at radius 2 is 2.16 bits per heavy atom. The molecule has 0 radical (unpaired) electrons. The van der Waals surface area contributed by atoms with Crippen molar-refractivity contribution in [2.24, 2.45) is 5.73 Å². The smallest absolute Gasteiger partial charge is 0.250 e. The lowest BCUT2D eigenvalue weighted by atomic mass is 9.97. The molecule has 0 saturated carbocycles. The third-order valence-electron chi connectivity index (χ3n) is 4.20. The van der Waals surface area contributed by atoms with Crippen LogP contribution in [0.1, 0.15) is 11.4 Å². The normalized spacial score (nSPS) is 17.8. The Kier molecular flexibility index (Phi) is 4.62. The Labute approximate surface area is 144 Å². The summed E-state index contributed by atoms with van der Waals surface area (Å²) in [4.78, 5) is 44.1. The summed E-state index contributed by atoms with van der Waals surface area (Å²) in [5.74, 6) is -0.323. The zero-order valence-electron chi connectivity index (χ0n) is 13.7. The van der Waals surface area contributed by atoms with Gasteiger partial charge < -0.3 is 20.9 Å². The third kappa shape index (κ3) is 3.58. The molecule has 2 unspecified atom stereocenters. The summed E-state index contributed by atoms with van der Waals surface area (Å²) < 4.78 is 0. The summed E-state index contributed by atoms with van der Waals surface area (Å²) >= 11 is 0. The van der Waals surface area contributed by atoms with Crippen LogP contribution in [0.15, 0.2) is 41.3 Å². The fourth-order valence-electron chi connectivity index (χ4n) is 2.88. The summed E-state index contributed by atoms with van der Waals surface area (Å²) in [6, 6.07) is 7.25. The van der Waals surface area contributed by atoms with Gasteiger partial charge in [0.25, 0.3) is 5.56 Å². The predicted octanol–water partition coefficient (Wildman–Crippen LogP) is -0.656. The molecule has 1 aromatic carbocycles. The van der Waals surface area contributed by atoms with Gasteiger partial charge >= 0.3 is 0 Å². The van der Waals surface area contributed by atoms with Crippen LogP contribution >= 0.6 is 0 Å². The standard InChI is InChI=1S/C17H19N5O3/c1-22-13-5-3-2-4-10(13)8-12(17(22)25)20-16(24)11(18)9-14-19-7-6-15(23)21-14/h2-7,11-12H,8-9,18H2,1H3,(H,20,24)(H,19,21,23). The number of rotatable bonds is 4. The first kappa shape index (κ1) is 16.8. The monoisotopic (exact) mass is 341 g/mol. The Hall–Kier alpha value is -3.00. The van der Waals surface area contributed by atoms with Gasteiger partial charge in [-0.25, -0.2) is 4.98 Å². The van der Waals surface area contributed by atoms with E-state index in [-0.39, 0.29) is 17.9 Å². The van der Waals surface area contributed by atoms with Crippen molar-refractivity contribution in [1.82, 2.24) is 15.3 Å². The van der Waals surface area contributed by atoms with E-state index in [0.717, 1.165) is 11.3 Å². The number of aromatic nitrogens is 2. The second kappa shape index (κ2) is 6.86. The lowest BCUT2D eigenvalue weighted by Crippen LogP contribution is -2.55. The van der Waals surface area contributed by atoms with E-state index in [2.05, 4.69) is 15.3 Å². The van der Waals surface area contributed by atoms with Gasteiger partial charge in [-0.05, 0) is 11.6 Å². The molecule has 4 N–H and O–H groups in total. The van der Waals surface area contributed by atoms with E-state index in [0.29, 0.717) is 12.2 Å². The van der Waals surface area contributed by atoms with E-state index >= 15 is 0 Å². The maximum atomic E-state index is 12.5. The molecular weight excluding hydrogens is 322 g/mol. The molecule has 8 nitrogen and oxygen atoms in total. The van der Waals surface area contributed by atoms with E-state index in [4.69, 9.17) is 5.73 Å². The first-order valence-electron chi connectivity index (χ1n) is 7.91. The molecule has 25 heavy (non-hydrogen) atoms. The van der Waals surface area contributed by atoms with Crippen molar-refractivity contribution >= 4 is 17.5 Å². The molecule has 2 amide bonds. The molecule has 0 aliphatic carbocycles. The van der Waals surface area contributed by atoms with Gasteiger partial charge in [0, 0.05) is 37.8 Å². The summed E-state index contributed by atoms with van der Waals surface area (Å²) in [6.07, 6.45) is 1.85. The van der Waals surface area contributed by atoms with Crippen molar-refractivity contribution in [1.29, 1.82) is 0 Å². The van der Waals surface area contributed by atoms with Crippen molar-refractivity contribution < 1.29 is 9.59 Å². The second-order valence-electron chi connectivity index (χ2n) is 5.98. The van der Waals surface area contributed by atoms with E-state index in [1.54, 1.807) is 7.05 Å². The first-order valence-corrected chi connectivity index (χ1v) is 7.91. The second-order valence-corrected chi connectivity index (χ2v) is 5.98. The third-order valence-corrected chi connectivity index (χ3v) is 4.20. The van der Waals surface area contributed by atoms with Gasteiger partial charge in [-0.15, -0.1) is 0 Å². The average Bonchev–Trinajstić information content (AvgIpc) is 2.59. The Balaban J connectivity index is 1.68. The molecule has 0 spiro atoms. The number of fused-ring (bicyclic) bond motifs is 1. The lowest BCUT2D eigenvalue weighted by molar-refractivity contribution is -0.128. The largest absolute Gasteiger partial charge is 0.343 e. The van der Waals surface area contributed by atoms with Crippen LogP contribution in [0.2, 0.25) is 0 Å². The van der Waals surface area contributed by atoms with E-state index < -0.39 is 18.0 Å². The molecule has 1 aliphatic rings. The number of para-hydroxylation sites is 1. The molecule has 130 valence electrons. The number of nitrogens with two attached hydrogens (primary N) is 1. The minimum atomic E-state index is -0.916. The molecule has 3 rings (SSSR count). The fourth-order valence-corrected chi connectivity index (χ4v) is 2.88. The number of likely N-dealkylation sites (N-methyl/N-ethyl adjacent to an activating group) is 1. The lowest BCUT2D eigenvalue weighted by Gasteiger charge is -2.32. The summed E-state index contributed by atoms with van der Waals surface area (Å²) in [5, 5.41) is 2.70. The van der Waals surface area contributed by atoms with Crippen LogP contribution in [0.5, 0.6) is 0 Å². The maximum Gasteiger partial charge on any atom is 0.250 e. The zero-order valence-corrected chi connectivity index (χ0v) is 13.7. The number of anilines is 1. The number of H-pyrrole nitrogens is 1. The summed E-state index contributed by atoms with van der Waals surface area (Å²) in [5.41, 5.74) is 7.41. The maximum absolute atomic E-state index is 12.5. The molecule has 0 fully saturated rings. The molecule has 0 saturated heterocycles. The van der Waals surface area contributed by atoms with Crippen LogP contribution in [0.25, 0.3) is 0 Å². The van der Waals surface area contributed by atoms with Crippen molar-refractivity contribution in [3.8, 4) is 0 Å². The Morgan fingerprint density at radius 3 is 2.92 bits per heavy atom. The minimum absolute atomic E-state index is 0.0786. The van der Waals surface area contributed by atoms with E-state index in [1.807, 2.05) is 24.3 Å². The number of aromatic amines is 1. The number of carbonyl (C=O) groups excluding carboxylic acids is 2. The van der Waals surface area contributed by atoms with Crippen LogP contribution in [-0.4, -0.2) is 40.9 Å². The highest BCUT2D eigenvalue weighted by Gasteiger charge is 2.32. The zero-order chi connectivity index (χ0) is 18.0. The summed E-state index contributed by atoms with van der Waals surface area (Å²) in [7, 11) is 1.68. The molecular formula is C17H19N5O3. The highest BCUT2D eigenvalue weighted by molar-refractivity contribution is 6.02. The Bertz CT molecular complexity index is 863. The van der Waals surface area contributed by atoms with Crippen molar-refractivity contribution in [2.45, 2.75) is 24.9 Å². The van der Waals surface area contributed by atoms with Gasteiger partial charge in [0.05, 0.1) is 6.04 Å². The van der Waals surface area contributed by atoms with Gasteiger partial charge in [-0.1, -0.05) is 18.2 Å². The van der Waals surface area contributed by atoms with E-state index in [1.165, 1.54) is 17.2 Å². The number of hydrogen-bond donors (Lipinski definition) is 3. The molecule has 0 bridgehead atoms. The topological polar surface area (TPSA) is 121 Å². The number of benzene rings is 1. The first-order chi connectivity index (χ1) is 12.0. The van der Waals surface area contributed by atoms with Crippen LogP contribution in [0.4, 0.5) is 5.69 Å². The van der Waals surface area contributed by atoms with Crippen molar-refractivity contribution in [2.75, 3.05) is 11.9 Å². The molecule has 2 heterocycles. The highest BCUT2D eigenvalue weighted by atomic mass is 16.2. The van der Waals surface area contributed by atoms with Crippen molar-refractivity contribution in [3.63, 3.8) is 0 Å². The highest BCUT2D eigenvalue weighted by Crippen LogP contribution is 2.26. The number of nitrogens with zero attached hydrogens (tertiary/aromatic N) is 2. The molecule has 2 aromatic rings. The van der Waals surface area contributed by atoms with Gasteiger partial charge in [0.2, 0.25) is 11.8 Å². The predicted molar refractivity (Wildman–Crippen MR) is 92.0 cm³/mol. The summed E-state index contributed by atoms with van der Waals surface area (Å²) in [6.45, 7) is 0. The van der Waals surface area contributed by atoms with Gasteiger partial charge in [-0.3, -0.25) is 14.4 Å². The minimum Gasteiger partial charge on any atom is -0.343 e. The fraction of sp³-hybridized carbons (Fsp3) is 0.294. The number of amides is 2. The number of carbonyl (C=O) groups is 2. The van der Waals surface area contributed by atoms with Gasteiger partial charge in [0.15, 0.2) is 0 Å². The van der Waals surface area contributed by atoms with Crippen LogP contribution in [0.3, 0.4) is 0 Å². The number of hydrogen-bond acceptors (Lipinski definition) is 5. The van der Waals surface area contributed by atoms with Crippen LogP contribution < -0.4 is 21.5 Å². The Morgan fingerprint density at radius 1 is 1.40 bits per heavy atom. The molecule has 2 atom stereocenters. The number of nitrogens with one attached hydrogen (secondary N) is 2.